The minimum Gasteiger partial charge on any atom is -0.497 e. The van der Waals surface area contributed by atoms with Crippen LogP contribution in [0, 0.1) is 5.92 Å². The number of carbonyl (C=O) groups is 1. The van der Waals surface area contributed by atoms with E-state index in [4.69, 9.17) is 21.1 Å². The third-order valence-corrected chi connectivity index (χ3v) is 6.58. The molecule has 2 heterocycles. The van der Waals surface area contributed by atoms with Crippen LogP contribution in [0.4, 0.5) is 0 Å². The molecule has 0 spiro atoms. The van der Waals surface area contributed by atoms with Crippen LogP contribution in [0.5, 0.6) is 11.5 Å². The van der Waals surface area contributed by atoms with Crippen molar-refractivity contribution < 1.29 is 14.3 Å². The Balaban J connectivity index is 1.42. The van der Waals surface area contributed by atoms with E-state index in [1.165, 1.54) is 17.7 Å². The first kappa shape index (κ1) is 21.9. The molecule has 5 nitrogen and oxygen atoms in total. The molecule has 1 amide bonds. The molecule has 1 atom stereocenters. The number of thiophene rings is 1. The van der Waals surface area contributed by atoms with E-state index in [1.807, 2.05) is 24.3 Å². The van der Waals surface area contributed by atoms with Crippen LogP contribution in [-0.2, 0) is 17.9 Å². The fraction of sp³-hybridized carbons (Fsp3) is 0.500. The summed E-state index contributed by atoms with van der Waals surface area (Å²) in [5.74, 6) is 2.12. The lowest BCUT2D eigenvalue weighted by Crippen LogP contribution is -2.35. The Labute approximate surface area is 182 Å². The van der Waals surface area contributed by atoms with Gasteiger partial charge in [-0.1, -0.05) is 11.6 Å². The normalized spacial score (nSPS) is 17.1. The highest BCUT2D eigenvalue weighted by Crippen LogP contribution is 2.27. The zero-order valence-corrected chi connectivity index (χ0v) is 18.7. The van der Waals surface area contributed by atoms with Crippen LogP contribution in [0.2, 0.25) is 4.34 Å². The Morgan fingerprint density at radius 1 is 1.28 bits per heavy atom. The molecule has 1 aromatic heterocycles. The fourth-order valence-electron chi connectivity index (χ4n) is 3.80. The molecule has 0 aliphatic carbocycles. The van der Waals surface area contributed by atoms with E-state index < -0.39 is 0 Å². The lowest BCUT2D eigenvalue weighted by Gasteiger charge is -2.32. The second-order valence-electron chi connectivity index (χ2n) is 7.44. The van der Waals surface area contributed by atoms with Crippen molar-refractivity contribution in [3.05, 3.63) is 45.1 Å². The summed E-state index contributed by atoms with van der Waals surface area (Å²) in [6, 6.07) is 9.71. The summed E-state index contributed by atoms with van der Waals surface area (Å²) in [5.41, 5.74) is 0.945. The van der Waals surface area contributed by atoms with Crippen molar-refractivity contribution in [2.24, 2.45) is 5.92 Å². The van der Waals surface area contributed by atoms with Crippen LogP contribution in [0.3, 0.4) is 0 Å². The molecule has 0 bridgehead atoms. The summed E-state index contributed by atoms with van der Waals surface area (Å²) < 4.78 is 11.5. The molecule has 0 unspecified atom stereocenters. The van der Waals surface area contributed by atoms with Gasteiger partial charge in [-0.2, -0.15) is 0 Å². The van der Waals surface area contributed by atoms with Crippen LogP contribution in [0.15, 0.2) is 30.3 Å². The van der Waals surface area contributed by atoms with Crippen molar-refractivity contribution in [1.29, 1.82) is 0 Å². The number of hydrogen-bond acceptors (Lipinski definition) is 5. The first-order valence-corrected chi connectivity index (χ1v) is 11.2. The summed E-state index contributed by atoms with van der Waals surface area (Å²) in [5, 5.41) is 3.02. The monoisotopic (exact) mass is 436 g/mol. The van der Waals surface area contributed by atoms with Crippen molar-refractivity contribution in [2.45, 2.75) is 38.8 Å². The van der Waals surface area contributed by atoms with E-state index in [0.29, 0.717) is 18.9 Å². The first-order chi connectivity index (χ1) is 14.1. The predicted octanol–water partition coefficient (Wildman–Crippen LogP) is 4.73. The van der Waals surface area contributed by atoms with E-state index in [2.05, 4.69) is 16.3 Å². The lowest BCUT2D eigenvalue weighted by atomic mass is 9.93. The molecule has 0 saturated carbocycles. The number of hydrogen-bond donors (Lipinski definition) is 1. The molecule has 158 valence electrons. The molecular formula is C22H29ClN2O3S. The Morgan fingerprint density at radius 2 is 2.14 bits per heavy atom. The molecule has 1 N–H and O–H groups in total. The standard InChI is InChI=1S/C22H29ClN2O3S/c1-27-18-7-6-17(20(12-18)28-2)13-24-22(26)10-5-16-4-3-11-25(14-16)15-19-8-9-21(23)29-19/h6-9,12,16H,3-5,10-11,13-15H2,1-2H3,(H,24,26)/t16-/m0/s1. The zero-order chi connectivity index (χ0) is 20.6. The van der Waals surface area contributed by atoms with E-state index in [-0.39, 0.29) is 5.91 Å². The Hall–Kier alpha value is -1.76. The van der Waals surface area contributed by atoms with E-state index in [9.17, 15) is 4.79 Å². The lowest BCUT2D eigenvalue weighted by molar-refractivity contribution is -0.121. The number of nitrogens with zero attached hydrogens (tertiary/aromatic N) is 1. The molecule has 7 heteroatoms. The third-order valence-electron chi connectivity index (χ3n) is 5.36. The second-order valence-corrected chi connectivity index (χ2v) is 9.24. The smallest absolute Gasteiger partial charge is 0.220 e. The molecule has 3 rings (SSSR count). The Morgan fingerprint density at radius 3 is 2.86 bits per heavy atom. The predicted molar refractivity (Wildman–Crippen MR) is 118 cm³/mol. The third kappa shape index (κ3) is 6.63. The van der Waals surface area contributed by atoms with Gasteiger partial charge in [-0.15, -0.1) is 11.3 Å². The number of ether oxygens (including phenoxy) is 2. The number of methoxy groups -OCH3 is 2. The summed E-state index contributed by atoms with van der Waals surface area (Å²) in [6.45, 7) is 3.59. The molecular weight excluding hydrogens is 408 g/mol. The fourth-order valence-corrected chi connectivity index (χ4v) is 4.93. The van der Waals surface area contributed by atoms with Crippen molar-refractivity contribution in [2.75, 3.05) is 27.3 Å². The minimum atomic E-state index is 0.0880. The molecule has 0 radical (unpaired) electrons. The maximum absolute atomic E-state index is 12.4. The van der Waals surface area contributed by atoms with Gasteiger partial charge in [0.25, 0.3) is 0 Å². The maximum Gasteiger partial charge on any atom is 0.220 e. The van der Waals surface area contributed by atoms with Gasteiger partial charge in [0.15, 0.2) is 0 Å². The van der Waals surface area contributed by atoms with Gasteiger partial charge >= 0.3 is 0 Å². The summed E-state index contributed by atoms with van der Waals surface area (Å²) in [7, 11) is 3.25. The maximum atomic E-state index is 12.4. The number of halogens is 1. The molecule has 1 saturated heterocycles. The van der Waals surface area contributed by atoms with Crippen molar-refractivity contribution in [3.8, 4) is 11.5 Å². The zero-order valence-electron chi connectivity index (χ0n) is 17.1. The van der Waals surface area contributed by atoms with E-state index >= 15 is 0 Å². The number of benzene rings is 1. The molecule has 29 heavy (non-hydrogen) atoms. The van der Waals surface area contributed by atoms with Crippen LogP contribution < -0.4 is 14.8 Å². The van der Waals surface area contributed by atoms with Gasteiger partial charge in [0.05, 0.1) is 18.6 Å². The van der Waals surface area contributed by atoms with Gasteiger partial charge in [-0.05, 0) is 56.0 Å². The minimum absolute atomic E-state index is 0.0880. The Kier molecular flexibility index (Phi) is 8.21. The molecule has 1 aliphatic heterocycles. The van der Waals surface area contributed by atoms with Crippen LogP contribution >= 0.6 is 22.9 Å². The van der Waals surface area contributed by atoms with E-state index in [1.54, 1.807) is 25.6 Å². The van der Waals surface area contributed by atoms with Crippen LogP contribution in [0.1, 0.15) is 36.1 Å². The van der Waals surface area contributed by atoms with Crippen LogP contribution in [-0.4, -0.2) is 38.1 Å². The Bertz CT molecular complexity index is 811. The van der Waals surface area contributed by atoms with Gasteiger partial charge in [-0.25, -0.2) is 0 Å². The topological polar surface area (TPSA) is 50.8 Å². The summed E-state index contributed by atoms with van der Waals surface area (Å²) >= 11 is 7.69. The van der Waals surface area contributed by atoms with E-state index in [0.717, 1.165) is 47.5 Å². The molecule has 1 aliphatic rings. The van der Waals surface area contributed by atoms with Gasteiger partial charge < -0.3 is 14.8 Å². The molecule has 1 aromatic carbocycles. The quantitative estimate of drug-likeness (QED) is 0.617. The highest BCUT2D eigenvalue weighted by Gasteiger charge is 2.21. The van der Waals surface area contributed by atoms with Crippen molar-refractivity contribution in [3.63, 3.8) is 0 Å². The SMILES string of the molecule is COc1ccc(CNC(=O)CC[C@@H]2CCCN(Cc3ccc(Cl)s3)C2)c(OC)c1. The number of carbonyl (C=O) groups excluding carboxylic acids is 1. The van der Waals surface area contributed by atoms with Gasteiger partial charge in [0, 0.05) is 42.6 Å². The largest absolute Gasteiger partial charge is 0.497 e. The average molecular weight is 437 g/mol. The summed E-state index contributed by atoms with van der Waals surface area (Å²) in [6.07, 6.45) is 3.87. The highest BCUT2D eigenvalue weighted by atomic mass is 35.5. The number of piperidine rings is 1. The van der Waals surface area contributed by atoms with Crippen molar-refractivity contribution in [1.82, 2.24) is 10.2 Å². The average Bonchev–Trinajstić information content (AvgIpc) is 3.15. The highest BCUT2D eigenvalue weighted by molar-refractivity contribution is 7.16. The number of rotatable bonds is 9. The molecule has 1 fully saturated rings. The van der Waals surface area contributed by atoms with Gasteiger partial charge in [-0.3, -0.25) is 9.69 Å². The van der Waals surface area contributed by atoms with Crippen LogP contribution in [0.25, 0.3) is 0 Å². The number of likely N-dealkylation sites (tertiary alicyclic amines) is 1. The number of amides is 1. The number of nitrogens with one attached hydrogen (secondary N) is 1. The second kappa shape index (κ2) is 10.9. The van der Waals surface area contributed by atoms with Gasteiger partial charge in [0.2, 0.25) is 5.91 Å². The van der Waals surface area contributed by atoms with Gasteiger partial charge in [0.1, 0.15) is 11.5 Å². The summed E-state index contributed by atoms with van der Waals surface area (Å²) in [4.78, 5) is 16.1. The molecule has 2 aromatic rings. The first-order valence-electron chi connectivity index (χ1n) is 10.0. The van der Waals surface area contributed by atoms with Crippen molar-refractivity contribution >= 4 is 28.8 Å².